The van der Waals surface area contributed by atoms with Gasteiger partial charge in [0.25, 0.3) is 0 Å². The van der Waals surface area contributed by atoms with Crippen molar-refractivity contribution in [2.75, 3.05) is 0 Å². The topological polar surface area (TPSA) is 41.6 Å². The number of aromatic nitrogens is 3. The molecule has 0 amide bonds. The zero-order valence-corrected chi connectivity index (χ0v) is 36.3. The third kappa shape index (κ3) is 9.57. The van der Waals surface area contributed by atoms with Crippen molar-refractivity contribution < 1.29 is 132 Å². The summed E-state index contributed by atoms with van der Waals surface area (Å²) in [6.07, 6.45) is 1.48. The average Bonchev–Trinajstić information content (AvgIpc) is 3.86. The third-order valence-corrected chi connectivity index (χ3v) is 16.2. The maximum absolute atomic E-state index is 14.4. The highest BCUT2D eigenvalue weighted by molar-refractivity contribution is 6.96. The zero-order chi connectivity index (χ0) is 56.3. The molecule has 7 aromatic rings. The maximum Gasteiger partial charge on any atom is 0.413 e. The molecule has 6 aromatic carbocycles. The van der Waals surface area contributed by atoms with Crippen LogP contribution in [0.5, 0.6) is 0 Å². The van der Waals surface area contributed by atoms with Crippen LogP contribution < -0.4 is 26.6 Å². The van der Waals surface area contributed by atoms with E-state index >= 15 is 0 Å². The molecule has 1 aromatic heterocycles. The molecular weight excluding hydrogens is 1130 g/mol. The quantitative estimate of drug-likeness (QED) is 0.0785. The Morgan fingerprint density at radius 3 is 0.432 bits per heavy atom. The van der Waals surface area contributed by atoms with E-state index in [0.717, 1.165) is 5.82 Å². The standard InChI is InChI=1S/6C6F5.C3H5N3.2Al/c6*7-2-1-3(8)5(10)6(11)4(2)9;1-3-4-2-5-6-3;;/h;;;;;;2H,1H3,(H,4,5,6);;. The Morgan fingerprint density at radius 2 is 0.351 bits per heavy atom. The SMILES string of the molecule is Cc1ncn[nH]1.Fc1c(F)c(F)[c]([Al]([c]2c(F)c(F)c(F)c(F)c2F)[c]2c(F)c(F)c(F)c(F)c2F)c(F)c1F.Fc1c(F)c(F)[c]([Al]([c]2c(F)c(F)c(F)c(F)c2F)[c]2c(F)c(F)c(F)c(F)c2F)c(F)c1F. The van der Waals surface area contributed by atoms with Crippen LogP contribution in [0.1, 0.15) is 5.82 Å². The fourth-order valence-corrected chi connectivity index (χ4v) is 12.7. The van der Waals surface area contributed by atoms with Gasteiger partial charge >= 0.3 is 28.3 Å². The minimum Gasteiger partial charge on any atom is -0.264 e. The van der Waals surface area contributed by atoms with Gasteiger partial charge in [0.2, 0.25) is 0 Å². The number of aryl methyl sites for hydroxylation is 1. The van der Waals surface area contributed by atoms with E-state index in [0.29, 0.717) is 0 Å². The van der Waals surface area contributed by atoms with Gasteiger partial charge in [0.05, 0.1) is 0 Å². The van der Waals surface area contributed by atoms with E-state index in [2.05, 4.69) is 15.2 Å². The van der Waals surface area contributed by atoms with Crippen molar-refractivity contribution in [3.8, 4) is 0 Å². The summed E-state index contributed by atoms with van der Waals surface area (Å²) in [6.45, 7) is 1.85. The highest BCUT2D eigenvalue weighted by Crippen LogP contribution is 2.26. The molecule has 0 saturated carbocycles. The summed E-state index contributed by atoms with van der Waals surface area (Å²) >= 11 is -11.9. The van der Waals surface area contributed by atoms with Crippen molar-refractivity contribution in [3.05, 3.63) is 187 Å². The largest absolute Gasteiger partial charge is 0.413 e. The molecular formula is C39H5Al2F30N3. The normalized spacial score (nSPS) is 11.2. The summed E-state index contributed by atoms with van der Waals surface area (Å²) < 4.78 is 403. The third-order valence-electron chi connectivity index (χ3n) is 9.73. The molecule has 0 unspecified atom stereocenters. The van der Waals surface area contributed by atoms with Crippen molar-refractivity contribution >= 4 is 54.8 Å². The van der Waals surface area contributed by atoms with Gasteiger partial charge < -0.3 is 0 Å². The van der Waals surface area contributed by atoms with Crippen LogP contribution in [0, 0.1) is 181 Å². The molecule has 0 aliphatic rings. The van der Waals surface area contributed by atoms with Gasteiger partial charge in [0.1, 0.15) is 12.2 Å². The number of nitrogens with one attached hydrogen (secondary N) is 1. The second-order valence-electron chi connectivity index (χ2n) is 13.8. The molecule has 0 aliphatic carbocycles. The predicted molar refractivity (Wildman–Crippen MR) is 188 cm³/mol. The van der Waals surface area contributed by atoms with Crippen molar-refractivity contribution in [2.24, 2.45) is 0 Å². The van der Waals surface area contributed by atoms with Crippen LogP contribution in [0.3, 0.4) is 0 Å². The number of H-pyrrole nitrogens is 1. The first-order valence-corrected chi connectivity index (χ1v) is 21.6. The van der Waals surface area contributed by atoms with E-state index in [9.17, 15) is 132 Å². The van der Waals surface area contributed by atoms with Crippen molar-refractivity contribution in [1.29, 1.82) is 0 Å². The molecule has 35 heteroatoms. The first kappa shape index (κ1) is 58.3. The Labute approximate surface area is 394 Å². The van der Waals surface area contributed by atoms with Crippen LogP contribution in [-0.4, -0.2) is 43.5 Å². The lowest BCUT2D eigenvalue weighted by molar-refractivity contribution is 0.380. The van der Waals surface area contributed by atoms with Crippen LogP contribution in [0.15, 0.2) is 6.33 Å². The van der Waals surface area contributed by atoms with E-state index in [1.54, 1.807) is 0 Å². The van der Waals surface area contributed by atoms with E-state index in [-0.39, 0.29) is 0 Å². The maximum atomic E-state index is 14.4. The second-order valence-corrected chi connectivity index (χ2v) is 19.0. The van der Waals surface area contributed by atoms with Gasteiger partial charge in [-0.2, -0.15) is 5.10 Å². The number of aromatic amines is 1. The van der Waals surface area contributed by atoms with Crippen molar-refractivity contribution in [1.82, 2.24) is 15.2 Å². The molecule has 0 fully saturated rings. The summed E-state index contributed by atoms with van der Waals surface area (Å²) in [6, 6.07) is 0. The Morgan fingerprint density at radius 1 is 0.230 bits per heavy atom. The van der Waals surface area contributed by atoms with Gasteiger partial charge in [-0.05, 0) is 33.5 Å². The molecule has 1 N–H and O–H groups in total. The molecule has 392 valence electrons. The number of benzene rings is 6. The molecule has 0 spiro atoms. The van der Waals surface area contributed by atoms with Gasteiger partial charge in [0.15, 0.2) is 175 Å². The average molecular weight is 1140 g/mol. The van der Waals surface area contributed by atoms with Crippen molar-refractivity contribution in [3.63, 3.8) is 0 Å². The minimum atomic E-state index is -5.96. The minimum absolute atomic E-state index is 0.856. The summed E-state index contributed by atoms with van der Waals surface area (Å²) in [4.78, 5) is 3.75. The van der Waals surface area contributed by atoms with Crippen LogP contribution >= 0.6 is 0 Å². The van der Waals surface area contributed by atoms with E-state index in [4.69, 9.17) is 0 Å². The molecule has 0 aliphatic heterocycles. The fraction of sp³-hybridized carbons (Fsp3) is 0.0256. The Hall–Kier alpha value is -6.58. The number of nitrogens with zero attached hydrogens (tertiary/aromatic N) is 2. The predicted octanol–water partition coefficient (Wildman–Crippen LogP) is 8.69. The van der Waals surface area contributed by atoms with Gasteiger partial charge in [0, 0.05) is 0 Å². The number of rotatable bonds is 6. The molecule has 74 heavy (non-hydrogen) atoms. The summed E-state index contributed by atoms with van der Waals surface area (Å²) in [5.41, 5.74) is 0. The van der Waals surface area contributed by atoms with Crippen molar-refractivity contribution in [2.45, 2.75) is 6.92 Å². The smallest absolute Gasteiger partial charge is 0.264 e. The molecule has 0 atom stereocenters. The summed E-state index contributed by atoms with van der Waals surface area (Å²) in [5, 5.41) is 6.22. The summed E-state index contributed by atoms with van der Waals surface area (Å²) in [7, 11) is 0. The van der Waals surface area contributed by atoms with Crippen LogP contribution in [-0.2, 0) is 0 Å². The Balaban J connectivity index is 0.000000245. The first-order valence-electron chi connectivity index (χ1n) is 18.1. The molecule has 0 saturated heterocycles. The first-order chi connectivity index (χ1) is 34.2. The van der Waals surface area contributed by atoms with Gasteiger partial charge in [-0.3, -0.25) is 5.10 Å². The van der Waals surface area contributed by atoms with Gasteiger partial charge in [-0.15, -0.1) is 0 Å². The monoisotopic (exact) mass is 1140 g/mol. The Bertz CT molecular complexity index is 2730. The van der Waals surface area contributed by atoms with Crippen LogP contribution in [0.4, 0.5) is 132 Å². The van der Waals surface area contributed by atoms with Gasteiger partial charge in [-0.25, -0.2) is 137 Å². The number of hydrogen-bond donors (Lipinski definition) is 1. The molecule has 3 nitrogen and oxygen atoms in total. The highest BCUT2D eigenvalue weighted by Gasteiger charge is 2.49. The van der Waals surface area contributed by atoms with E-state index in [1.165, 1.54) is 6.33 Å². The van der Waals surface area contributed by atoms with Gasteiger partial charge in [-0.1, -0.05) is 0 Å². The Kier molecular flexibility index (Phi) is 17.1. The number of halogens is 30. The van der Waals surface area contributed by atoms with Crippen LogP contribution in [0.25, 0.3) is 0 Å². The lowest BCUT2D eigenvalue weighted by Gasteiger charge is -2.20. The van der Waals surface area contributed by atoms with E-state index in [1.807, 2.05) is 6.92 Å². The fourth-order valence-electron chi connectivity index (χ4n) is 6.38. The lowest BCUT2D eigenvalue weighted by Crippen LogP contribution is -2.60. The molecule has 1 heterocycles. The summed E-state index contributed by atoms with van der Waals surface area (Å²) in [5.74, 6) is -88.3. The molecule has 0 bridgehead atoms. The number of hydrogen-bond acceptors (Lipinski definition) is 2. The highest BCUT2D eigenvalue weighted by atomic mass is 27.2. The lowest BCUT2D eigenvalue weighted by atomic mass is 10.3. The second kappa shape index (κ2) is 21.7. The zero-order valence-electron chi connectivity index (χ0n) is 34.0. The van der Waals surface area contributed by atoms with E-state index < -0.39 is 229 Å². The van der Waals surface area contributed by atoms with Crippen LogP contribution in [0.2, 0.25) is 0 Å². The molecule has 7 rings (SSSR count). The molecule has 0 radical (unpaired) electrons.